The zero-order valence-electron chi connectivity index (χ0n) is 18.5. The third-order valence-corrected chi connectivity index (χ3v) is 6.37. The zero-order chi connectivity index (χ0) is 20.4. The van der Waals surface area contributed by atoms with Crippen LogP contribution < -0.4 is 29.6 Å². The summed E-state index contributed by atoms with van der Waals surface area (Å²) in [5.74, 6) is 0. The quantitative estimate of drug-likeness (QED) is 0.278. The molecule has 0 amide bonds. The molecule has 0 heterocycles. The molecule has 2 rings (SSSR count). The van der Waals surface area contributed by atoms with E-state index < -0.39 is 10.1 Å². The van der Waals surface area contributed by atoms with E-state index in [0.29, 0.717) is 5.39 Å². The molecule has 0 radical (unpaired) electrons. The second-order valence-corrected chi connectivity index (χ2v) is 9.24. The Bertz CT molecular complexity index is 847. The van der Waals surface area contributed by atoms with E-state index in [1.54, 1.807) is 12.1 Å². The predicted molar refractivity (Wildman–Crippen MR) is 117 cm³/mol. The van der Waals surface area contributed by atoms with Gasteiger partial charge in [-0.1, -0.05) is 89.5 Å². The third kappa shape index (κ3) is 8.70. The first-order valence-electron chi connectivity index (χ1n) is 11.0. The number of hydrogen-bond donors (Lipinski definition) is 0. The van der Waals surface area contributed by atoms with Gasteiger partial charge in [-0.25, -0.2) is 8.42 Å². The largest absolute Gasteiger partial charge is 1.00 e. The van der Waals surface area contributed by atoms with Gasteiger partial charge in [0.2, 0.25) is 0 Å². The number of hydrogen-bond acceptors (Lipinski definition) is 3. The van der Waals surface area contributed by atoms with Gasteiger partial charge in [-0.15, -0.1) is 0 Å². The molecule has 3 nitrogen and oxygen atoms in total. The maximum Gasteiger partial charge on any atom is 1.00 e. The molecule has 0 spiro atoms. The van der Waals surface area contributed by atoms with Gasteiger partial charge in [0.25, 0.3) is 0 Å². The van der Waals surface area contributed by atoms with Gasteiger partial charge in [0.15, 0.2) is 0 Å². The van der Waals surface area contributed by atoms with E-state index >= 15 is 0 Å². The van der Waals surface area contributed by atoms with Crippen LogP contribution >= 0.6 is 0 Å². The van der Waals surface area contributed by atoms with Gasteiger partial charge in [0.1, 0.15) is 10.1 Å². The van der Waals surface area contributed by atoms with Gasteiger partial charge >= 0.3 is 29.6 Å². The predicted octanol–water partition coefficient (Wildman–Crippen LogP) is 3.77. The van der Waals surface area contributed by atoms with Crippen LogP contribution in [0.4, 0.5) is 0 Å². The second kappa shape index (κ2) is 13.8. The fraction of sp³-hybridized carbons (Fsp3) is 0.583. The van der Waals surface area contributed by atoms with E-state index in [0.717, 1.165) is 48.6 Å². The summed E-state index contributed by atoms with van der Waals surface area (Å²) in [6, 6.07) is 9.45. The van der Waals surface area contributed by atoms with Crippen LogP contribution in [-0.2, 0) is 23.0 Å². The molecular weight excluding hydrogens is 391 g/mol. The van der Waals surface area contributed by atoms with Crippen LogP contribution in [0.1, 0.15) is 89.2 Å². The molecule has 0 aliphatic carbocycles. The first kappa shape index (κ1) is 26.6. The maximum absolute atomic E-state index is 11.9. The molecule has 0 aliphatic rings. The molecule has 0 aromatic heterocycles. The minimum Gasteiger partial charge on any atom is -0.744 e. The average molecular weight is 427 g/mol. The maximum atomic E-state index is 11.9. The summed E-state index contributed by atoms with van der Waals surface area (Å²) in [5, 5.41) is 1.52. The monoisotopic (exact) mass is 426 g/mol. The van der Waals surface area contributed by atoms with Crippen LogP contribution in [0, 0.1) is 0 Å². The van der Waals surface area contributed by atoms with Gasteiger partial charge in [0, 0.05) is 0 Å². The average Bonchev–Trinajstić information content (AvgIpc) is 2.66. The Morgan fingerprint density at radius 1 is 0.759 bits per heavy atom. The molecule has 0 fully saturated rings. The summed E-state index contributed by atoms with van der Waals surface area (Å²) in [7, 11) is -4.49. The van der Waals surface area contributed by atoms with E-state index in [1.165, 1.54) is 44.9 Å². The summed E-state index contributed by atoms with van der Waals surface area (Å²) in [6.07, 6.45) is 13.6. The van der Waals surface area contributed by atoms with Crippen molar-refractivity contribution in [3.63, 3.8) is 0 Å². The van der Waals surface area contributed by atoms with Gasteiger partial charge in [0.05, 0.1) is 4.90 Å². The second-order valence-electron chi connectivity index (χ2n) is 7.89. The molecule has 156 valence electrons. The van der Waals surface area contributed by atoms with Crippen molar-refractivity contribution in [1.82, 2.24) is 0 Å². The van der Waals surface area contributed by atoms with Gasteiger partial charge in [-0.05, 0) is 53.6 Å². The Kier molecular flexibility index (Phi) is 12.7. The van der Waals surface area contributed by atoms with Crippen molar-refractivity contribution < 1.29 is 42.5 Å². The summed E-state index contributed by atoms with van der Waals surface area (Å²) in [6.45, 7) is 4.40. The number of aryl methyl sites for hydroxylation is 2. The molecule has 0 N–H and O–H groups in total. The van der Waals surface area contributed by atoms with Gasteiger partial charge in [-0.2, -0.15) is 0 Å². The normalized spacial score (nSPS) is 11.6. The van der Waals surface area contributed by atoms with Crippen LogP contribution in [-0.4, -0.2) is 13.0 Å². The topological polar surface area (TPSA) is 57.2 Å². The van der Waals surface area contributed by atoms with Crippen molar-refractivity contribution in [2.45, 2.75) is 95.8 Å². The van der Waals surface area contributed by atoms with Crippen LogP contribution in [0.3, 0.4) is 0 Å². The summed E-state index contributed by atoms with van der Waals surface area (Å²) >= 11 is 0. The SMILES string of the molecule is CCCCCCCc1cc(S(=O)(=O)[O-])c2cccc(CCCCCCC)c2c1.[Na+]. The minimum atomic E-state index is -4.49. The summed E-state index contributed by atoms with van der Waals surface area (Å²) in [5.41, 5.74) is 2.13. The minimum absolute atomic E-state index is 0. The van der Waals surface area contributed by atoms with Gasteiger partial charge in [-0.3, -0.25) is 0 Å². The summed E-state index contributed by atoms with van der Waals surface area (Å²) in [4.78, 5) is -0.0543. The molecule has 0 aliphatic heterocycles. The molecule has 29 heavy (non-hydrogen) atoms. The van der Waals surface area contributed by atoms with E-state index in [1.807, 2.05) is 6.07 Å². The third-order valence-electron chi connectivity index (χ3n) is 5.50. The fourth-order valence-corrected chi connectivity index (χ4v) is 4.64. The number of fused-ring (bicyclic) bond motifs is 1. The molecule has 0 atom stereocenters. The van der Waals surface area contributed by atoms with Crippen molar-refractivity contribution in [3.8, 4) is 0 Å². The van der Waals surface area contributed by atoms with Crippen LogP contribution in [0.2, 0.25) is 0 Å². The molecular formula is C24H35NaO3S. The van der Waals surface area contributed by atoms with Crippen LogP contribution in [0.5, 0.6) is 0 Å². The van der Waals surface area contributed by atoms with E-state index in [9.17, 15) is 13.0 Å². The standard InChI is InChI=1S/C24H36O3S.Na/c1-3-5-7-9-11-14-20-18-23-21(15-12-10-8-6-4-2)16-13-17-22(23)24(19-20)28(25,26)27;/h13,16-19H,3-12,14-15H2,1-2H3,(H,25,26,27);/q;+1/p-1. The van der Waals surface area contributed by atoms with Crippen LogP contribution in [0.25, 0.3) is 10.8 Å². The first-order valence-corrected chi connectivity index (χ1v) is 12.4. The van der Waals surface area contributed by atoms with Crippen molar-refractivity contribution in [1.29, 1.82) is 0 Å². The zero-order valence-corrected chi connectivity index (χ0v) is 21.3. The molecule has 5 heteroatoms. The summed E-state index contributed by atoms with van der Waals surface area (Å²) < 4.78 is 35.7. The molecule has 0 saturated carbocycles. The van der Waals surface area contributed by atoms with Gasteiger partial charge < -0.3 is 4.55 Å². The Morgan fingerprint density at radius 2 is 1.34 bits per heavy atom. The van der Waals surface area contributed by atoms with E-state index in [2.05, 4.69) is 26.0 Å². The molecule has 0 saturated heterocycles. The Balaban J connectivity index is 0.00000420. The number of benzene rings is 2. The van der Waals surface area contributed by atoms with Crippen molar-refractivity contribution in [3.05, 3.63) is 41.5 Å². The van der Waals surface area contributed by atoms with Crippen molar-refractivity contribution >= 4 is 20.9 Å². The van der Waals surface area contributed by atoms with Crippen LogP contribution in [0.15, 0.2) is 35.2 Å². The number of unbranched alkanes of at least 4 members (excludes halogenated alkanes) is 8. The van der Waals surface area contributed by atoms with Crippen molar-refractivity contribution in [2.75, 3.05) is 0 Å². The van der Waals surface area contributed by atoms with E-state index in [-0.39, 0.29) is 34.5 Å². The smallest absolute Gasteiger partial charge is 0.744 e. The fourth-order valence-electron chi connectivity index (χ4n) is 3.89. The molecule has 0 unspecified atom stereocenters. The molecule has 2 aromatic carbocycles. The Morgan fingerprint density at radius 3 is 1.93 bits per heavy atom. The number of rotatable bonds is 13. The Hall–Kier alpha value is -0.390. The van der Waals surface area contributed by atoms with E-state index in [4.69, 9.17) is 0 Å². The molecule has 0 bridgehead atoms. The Labute approximate surface area is 199 Å². The van der Waals surface area contributed by atoms with Crippen molar-refractivity contribution in [2.24, 2.45) is 0 Å². The molecule has 2 aromatic rings. The first-order chi connectivity index (χ1) is 13.5.